The summed E-state index contributed by atoms with van der Waals surface area (Å²) in [5, 5.41) is 1.50. The molecule has 1 N–H and O–H groups in total. The van der Waals surface area contributed by atoms with Crippen LogP contribution in [-0.4, -0.2) is 44.6 Å². The molecule has 1 amide bonds. The molecule has 1 atom stereocenters. The monoisotopic (exact) mass is 341 g/mol. The van der Waals surface area contributed by atoms with Gasteiger partial charge in [0, 0.05) is 18.2 Å². The second kappa shape index (κ2) is 6.39. The average Bonchev–Trinajstić information content (AvgIpc) is 2.76. The van der Waals surface area contributed by atoms with Gasteiger partial charge < -0.3 is 14.8 Å². The van der Waals surface area contributed by atoms with Crippen LogP contribution in [0.25, 0.3) is 0 Å². The van der Waals surface area contributed by atoms with Crippen molar-refractivity contribution in [3.63, 3.8) is 0 Å². The lowest BCUT2D eigenvalue weighted by molar-refractivity contribution is -0.120. The molecule has 0 aromatic heterocycles. The Kier molecular flexibility index (Phi) is 4.89. The fourth-order valence-electron chi connectivity index (χ4n) is 2.37. The molecule has 1 heterocycles. The highest BCUT2D eigenvalue weighted by molar-refractivity contribution is 7.92. The topological polar surface area (TPSA) is 81.7 Å². The summed E-state index contributed by atoms with van der Waals surface area (Å²) in [7, 11) is -3.39. The van der Waals surface area contributed by atoms with E-state index < -0.39 is 21.0 Å². The maximum atomic E-state index is 11.7. The van der Waals surface area contributed by atoms with E-state index in [-0.39, 0.29) is 18.8 Å². The first-order valence-electron chi connectivity index (χ1n) is 7.50. The Morgan fingerprint density at radius 1 is 1.43 bits per heavy atom. The molecule has 0 bridgehead atoms. The molecule has 0 spiro atoms. The van der Waals surface area contributed by atoms with Gasteiger partial charge in [-0.1, -0.05) is 12.1 Å². The first-order valence-corrected chi connectivity index (χ1v) is 9.46. The van der Waals surface area contributed by atoms with Crippen molar-refractivity contribution >= 4 is 15.7 Å². The van der Waals surface area contributed by atoms with Crippen LogP contribution in [0.2, 0.25) is 0 Å². The lowest BCUT2D eigenvalue weighted by atomic mass is 10.0. The van der Waals surface area contributed by atoms with E-state index in [2.05, 4.69) is 5.32 Å². The van der Waals surface area contributed by atoms with Crippen LogP contribution in [-0.2, 0) is 21.1 Å². The van der Waals surface area contributed by atoms with Crippen molar-refractivity contribution < 1.29 is 22.7 Å². The quantitative estimate of drug-likeness (QED) is 0.790. The summed E-state index contributed by atoms with van der Waals surface area (Å²) < 4.78 is 34.2. The number of carbonyl (C=O) groups is 1. The van der Waals surface area contributed by atoms with E-state index in [1.54, 1.807) is 0 Å². The molecule has 0 saturated carbocycles. The van der Waals surface area contributed by atoms with Crippen molar-refractivity contribution in [3.8, 4) is 11.5 Å². The van der Waals surface area contributed by atoms with Gasteiger partial charge in [-0.05, 0) is 26.8 Å². The Labute approximate surface area is 137 Å². The summed E-state index contributed by atoms with van der Waals surface area (Å²) >= 11 is 0. The fraction of sp³-hybridized carbons (Fsp3) is 0.562. The number of hydrogen-bond acceptors (Lipinski definition) is 5. The van der Waals surface area contributed by atoms with Gasteiger partial charge in [-0.2, -0.15) is 0 Å². The Morgan fingerprint density at radius 3 is 2.78 bits per heavy atom. The van der Waals surface area contributed by atoms with E-state index in [4.69, 9.17) is 9.47 Å². The molecule has 1 unspecified atom stereocenters. The molecule has 0 fully saturated rings. The number of ether oxygens (including phenoxy) is 2. The van der Waals surface area contributed by atoms with E-state index in [1.807, 2.05) is 32.0 Å². The van der Waals surface area contributed by atoms with E-state index in [1.165, 1.54) is 6.92 Å². The minimum atomic E-state index is -3.39. The van der Waals surface area contributed by atoms with Crippen LogP contribution >= 0.6 is 0 Å². The molecule has 0 aliphatic carbocycles. The number of benzene rings is 1. The van der Waals surface area contributed by atoms with E-state index in [9.17, 15) is 13.2 Å². The summed E-state index contributed by atoms with van der Waals surface area (Å²) in [6.07, 6.45) is 1.86. The SMILES string of the molecule is CC(C(=O)NCCOc1cccc2c1OC(C)(C)C2)S(C)(=O)=O. The first kappa shape index (κ1) is 17.6. The summed E-state index contributed by atoms with van der Waals surface area (Å²) in [6.45, 7) is 5.87. The van der Waals surface area contributed by atoms with Gasteiger partial charge in [-0.3, -0.25) is 4.79 Å². The molecule has 1 aliphatic rings. The van der Waals surface area contributed by atoms with Crippen molar-refractivity contribution in [2.45, 2.75) is 38.0 Å². The van der Waals surface area contributed by atoms with Crippen LogP contribution in [0.1, 0.15) is 26.3 Å². The maximum Gasteiger partial charge on any atom is 0.238 e. The minimum Gasteiger partial charge on any atom is -0.488 e. The number of fused-ring (bicyclic) bond motifs is 1. The largest absolute Gasteiger partial charge is 0.488 e. The summed E-state index contributed by atoms with van der Waals surface area (Å²) in [5.74, 6) is 0.860. The average molecular weight is 341 g/mol. The van der Waals surface area contributed by atoms with E-state index >= 15 is 0 Å². The third-order valence-electron chi connectivity index (χ3n) is 3.73. The molecule has 1 aromatic rings. The van der Waals surface area contributed by atoms with Gasteiger partial charge in [-0.15, -0.1) is 0 Å². The smallest absolute Gasteiger partial charge is 0.238 e. The van der Waals surface area contributed by atoms with Crippen LogP contribution < -0.4 is 14.8 Å². The molecular formula is C16H23NO5S. The van der Waals surface area contributed by atoms with Crippen molar-refractivity contribution in [1.82, 2.24) is 5.32 Å². The number of hydrogen-bond donors (Lipinski definition) is 1. The molecule has 0 radical (unpaired) electrons. The van der Waals surface area contributed by atoms with Gasteiger partial charge in [0.2, 0.25) is 5.91 Å². The zero-order chi connectivity index (χ0) is 17.3. The number of para-hydroxylation sites is 1. The zero-order valence-corrected chi connectivity index (χ0v) is 14.7. The van der Waals surface area contributed by atoms with Crippen LogP contribution in [0.3, 0.4) is 0 Å². The third-order valence-corrected chi connectivity index (χ3v) is 5.22. The molecular weight excluding hydrogens is 318 g/mol. The molecule has 6 nitrogen and oxygen atoms in total. The van der Waals surface area contributed by atoms with Gasteiger partial charge in [0.1, 0.15) is 17.5 Å². The third kappa shape index (κ3) is 4.37. The Hall–Kier alpha value is -1.76. The predicted molar refractivity (Wildman–Crippen MR) is 87.7 cm³/mol. The highest BCUT2D eigenvalue weighted by Gasteiger charge is 2.32. The van der Waals surface area contributed by atoms with Crippen molar-refractivity contribution in [3.05, 3.63) is 23.8 Å². The van der Waals surface area contributed by atoms with E-state index in [0.29, 0.717) is 5.75 Å². The fourth-order valence-corrected chi connectivity index (χ4v) is 2.85. The lowest BCUT2D eigenvalue weighted by Gasteiger charge is -2.18. The maximum absolute atomic E-state index is 11.7. The normalized spacial score (nSPS) is 17.0. The van der Waals surface area contributed by atoms with Gasteiger partial charge in [0.05, 0.1) is 6.54 Å². The van der Waals surface area contributed by atoms with Crippen LogP contribution in [0.5, 0.6) is 11.5 Å². The molecule has 128 valence electrons. The minimum absolute atomic E-state index is 0.228. The number of rotatable bonds is 6. The first-order chi connectivity index (χ1) is 10.6. The summed E-state index contributed by atoms with van der Waals surface area (Å²) in [5.41, 5.74) is 0.850. The van der Waals surface area contributed by atoms with Crippen molar-refractivity contribution in [2.24, 2.45) is 0 Å². The predicted octanol–water partition coefficient (Wildman–Crippen LogP) is 1.33. The number of sulfone groups is 1. The lowest BCUT2D eigenvalue weighted by Crippen LogP contribution is -2.39. The molecule has 7 heteroatoms. The second-order valence-electron chi connectivity index (χ2n) is 6.39. The molecule has 0 saturated heterocycles. The highest BCUT2D eigenvalue weighted by atomic mass is 32.2. The molecule has 23 heavy (non-hydrogen) atoms. The highest BCUT2D eigenvalue weighted by Crippen LogP contribution is 2.41. The van der Waals surface area contributed by atoms with Gasteiger partial charge in [0.25, 0.3) is 0 Å². The number of amides is 1. The van der Waals surface area contributed by atoms with Crippen LogP contribution in [0, 0.1) is 0 Å². The Bertz CT molecular complexity index is 696. The summed E-state index contributed by atoms with van der Waals surface area (Å²) in [4.78, 5) is 11.7. The second-order valence-corrected chi connectivity index (χ2v) is 8.76. The van der Waals surface area contributed by atoms with Crippen molar-refractivity contribution in [1.29, 1.82) is 0 Å². The van der Waals surface area contributed by atoms with Gasteiger partial charge >= 0.3 is 0 Å². The summed E-state index contributed by atoms with van der Waals surface area (Å²) in [6, 6.07) is 5.73. The molecule has 2 rings (SSSR count). The number of nitrogens with one attached hydrogen (secondary N) is 1. The van der Waals surface area contributed by atoms with Crippen LogP contribution in [0.4, 0.5) is 0 Å². The Balaban J connectivity index is 1.87. The van der Waals surface area contributed by atoms with Crippen molar-refractivity contribution in [2.75, 3.05) is 19.4 Å². The van der Waals surface area contributed by atoms with E-state index in [0.717, 1.165) is 24.0 Å². The molecule has 1 aliphatic heterocycles. The standard InChI is InChI=1S/C16H23NO5S/c1-11(23(4,19)20)15(18)17-8-9-21-13-7-5-6-12-10-16(2,3)22-14(12)13/h5-7,11H,8-10H2,1-4H3,(H,17,18). The van der Waals surface area contributed by atoms with Gasteiger partial charge in [0.15, 0.2) is 21.3 Å². The van der Waals surface area contributed by atoms with Crippen LogP contribution in [0.15, 0.2) is 18.2 Å². The Morgan fingerprint density at radius 2 is 2.13 bits per heavy atom. The molecule has 1 aromatic carbocycles. The number of carbonyl (C=O) groups excluding carboxylic acids is 1. The van der Waals surface area contributed by atoms with Gasteiger partial charge in [-0.25, -0.2) is 8.42 Å². The zero-order valence-electron chi connectivity index (χ0n) is 13.9.